The van der Waals surface area contributed by atoms with Gasteiger partial charge in [0.2, 0.25) is 5.91 Å². The van der Waals surface area contributed by atoms with E-state index in [4.69, 9.17) is 4.74 Å². The maximum Gasteiger partial charge on any atom is 0.237 e. The summed E-state index contributed by atoms with van der Waals surface area (Å²) in [6.45, 7) is 8.66. The molecule has 0 aliphatic heterocycles. The Morgan fingerprint density at radius 1 is 1.48 bits per heavy atom. The van der Waals surface area contributed by atoms with E-state index in [1.165, 1.54) is 0 Å². The number of aliphatic hydroxyl groups is 1. The largest absolute Gasteiger partial charge is 0.389 e. The van der Waals surface area contributed by atoms with Gasteiger partial charge in [-0.15, -0.1) is 11.3 Å². The highest BCUT2D eigenvalue weighted by Crippen LogP contribution is 2.09. The van der Waals surface area contributed by atoms with Crippen LogP contribution in [0.25, 0.3) is 0 Å². The maximum absolute atomic E-state index is 11.9. The Balaban J connectivity index is 2.16. The van der Waals surface area contributed by atoms with E-state index in [0.29, 0.717) is 13.2 Å². The number of aliphatic hydroxyl groups excluding tert-OH is 1. The Labute approximate surface area is 130 Å². The summed E-state index contributed by atoms with van der Waals surface area (Å²) in [5.41, 5.74) is -0.255. The van der Waals surface area contributed by atoms with Crippen molar-refractivity contribution < 1.29 is 14.6 Å². The molecule has 0 bridgehead atoms. The van der Waals surface area contributed by atoms with Crippen molar-refractivity contribution in [2.75, 3.05) is 13.2 Å². The summed E-state index contributed by atoms with van der Waals surface area (Å²) < 4.78 is 5.43. The highest BCUT2D eigenvalue weighted by atomic mass is 32.1. The van der Waals surface area contributed by atoms with Crippen LogP contribution in [0.4, 0.5) is 0 Å². The summed E-state index contributed by atoms with van der Waals surface area (Å²) in [4.78, 5) is 13.0. The first-order valence-corrected chi connectivity index (χ1v) is 7.99. The lowest BCUT2D eigenvalue weighted by Crippen LogP contribution is -2.51. The molecule has 1 aromatic rings. The zero-order chi connectivity index (χ0) is 15.9. The maximum atomic E-state index is 11.9. The minimum absolute atomic E-state index is 0.0748. The third-order valence-corrected chi connectivity index (χ3v) is 3.54. The molecule has 5 nitrogen and oxygen atoms in total. The first-order valence-electron chi connectivity index (χ1n) is 7.11. The van der Waals surface area contributed by atoms with Crippen LogP contribution in [-0.2, 0) is 16.1 Å². The van der Waals surface area contributed by atoms with Gasteiger partial charge in [-0.05, 0) is 39.1 Å². The second kappa shape index (κ2) is 8.48. The molecule has 21 heavy (non-hydrogen) atoms. The van der Waals surface area contributed by atoms with E-state index in [1.54, 1.807) is 18.3 Å². The molecular weight excluding hydrogens is 288 g/mol. The third-order valence-electron chi connectivity index (χ3n) is 2.69. The van der Waals surface area contributed by atoms with Gasteiger partial charge in [-0.2, -0.15) is 0 Å². The first-order chi connectivity index (χ1) is 9.78. The molecule has 0 aromatic carbocycles. The summed E-state index contributed by atoms with van der Waals surface area (Å²) >= 11 is 1.63. The van der Waals surface area contributed by atoms with Crippen molar-refractivity contribution in [2.24, 2.45) is 0 Å². The summed E-state index contributed by atoms with van der Waals surface area (Å²) in [5, 5.41) is 17.7. The van der Waals surface area contributed by atoms with Gasteiger partial charge < -0.3 is 20.5 Å². The van der Waals surface area contributed by atoms with Crippen LogP contribution < -0.4 is 10.6 Å². The molecule has 0 aliphatic rings. The molecule has 0 aliphatic carbocycles. The number of hydrogen-bond donors (Lipinski definition) is 3. The fraction of sp³-hybridized carbons (Fsp3) is 0.667. The van der Waals surface area contributed by atoms with Crippen molar-refractivity contribution in [3.63, 3.8) is 0 Å². The van der Waals surface area contributed by atoms with Crippen molar-refractivity contribution >= 4 is 17.2 Å². The fourth-order valence-corrected chi connectivity index (χ4v) is 2.27. The Kier molecular flexibility index (Phi) is 7.31. The molecule has 6 heteroatoms. The molecule has 120 valence electrons. The second-order valence-corrected chi connectivity index (χ2v) is 7.15. The lowest BCUT2D eigenvalue weighted by Gasteiger charge is -2.24. The van der Waals surface area contributed by atoms with Crippen molar-refractivity contribution in [3.8, 4) is 0 Å². The highest BCUT2D eigenvalue weighted by molar-refractivity contribution is 7.09. The molecular formula is C15H26N2O3S. The molecule has 0 saturated heterocycles. The van der Waals surface area contributed by atoms with Gasteiger partial charge in [-0.3, -0.25) is 4.79 Å². The Bertz CT molecular complexity index is 415. The van der Waals surface area contributed by atoms with Gasteiger partial charge in [0.15, 0.2) is 0 Å². The average Bonchev–Trinajstić information content (AvgIpc) is 2.87. The number of carbonyl (C=O) groups excluding carboxylic acids is 1. The van der Waals surface area contributed by atoms with Crippen molar-refractivity contribution in [1.82, 2.24) is 10.6 Å². The van der Waals surface area contributed by atoms with E-state index in [9.17, 15) is 9.90 Å². The topological polar surface area (TPSA) is 70.6 Å². The lowest BCUT2D eigenvalue weighted by atomic mass is 10.1. The molecule has 3 N–H and O–H groups in total. The van der Waals surface area contributed by atoms with Crippen LogP contribution >= 0.6 is 11.3 Å². The van der Waals surface area contributed by atoms with Crippen LogP contribution in [0.5, 0.6) is 0 Å². The Morgan fingerprint density at radius 3 is 2.76 bits per heavy atom. The van der Waals surface area contributed by atoms with Gasteiger partial charge in [0.1, 0.15) is 0 Å². The van der Waals surface area contributed by atoms with Crippen LogP contribution in [-0.4, -0.2) is 41.9 Å². The van der Waals surface area contributed by atoms with Gasteiger partial charge >= 0.3 is 0 Å². The minimum Gasteiger partial charge on any atom is -0.389 e. The third kappa shape index (κ3) is 8.16. The van der Waals surface area contributed by atoms with Crippen molar-refractivity contribution in [1.29, 1.82) is 0 Å². The predicted octanol–water partition coefficient (Wildman–Crippen LogP) is 1.52. The minimum atomic E-state index is -0.630. The zero-order valence-electron chi connectivity index (χ0n) is 13.2. The lowest BCUT2D eigenvalue weighted by molar-refractivity contribution is -0.124. The smallest absolute Gasteiger partial charge is 0.237 e. The van der Waals surface area contributed by atoms with Crippen LogP contribution in [0.15, 0.2) is 17.5 Å². The van der Waals surface area contributed by atoms with Crippen molar-refractivity contribution in [3.05, 3.63) is 22.4 Å². The summed E-state index contributed by atoms with van der Waals surface area (Å²) in [6.07, 6.45) is -0.630. The van der Waals surface area contributed by atoms with Gasteiger partial charge in [0, 0.05) is 17.0 Å². The van der Waals surface area contributed by atoms with Crippen LogP contribution in [0.3, 0.4) is 0 Å². The summed E-state index contributed by atoms with van der Waals surface area (Å²) in [6, 6.07) is 3.61. The number of rotatable bonds is 8. The summed E-state index contributed by atoms with van der Waals surface area (Å²) in [5.74, 6) is -0.0748. The van der Waals surface area contributed by atoms with E-state index in [-0.39, 0.29) is 24.1 Å². The molecule has 0 fully saturated rings. The molecule has 0 spiro atoms. The number of ether oxygens (including phenoxy) is 1. The van der Waals surface area contributed by atoms with Gasteiger partial charge in [-0.25, -0.2) is 0 Å². The molecule has 1 aromatic heterocycles. The van der Waals surface area contributed by atoms with E-state index in [1.807, 2.05) is 38.3 Å². The standard InChI is InChI=1S/C15H26N2O3S/c1-11(14(19)17-15(2,3)4)16-8-12(18)9-20-10-13-6-5-7-21-13/h5-7,11-12,16,18H,8-10H2,1-4H3,(H,17,19). The van der Waals surface area contributed by atoms with Gasteiger partial charge in [0.05, 0.1) is 25.4 Å². The second-order valence-electron chi connectivity index (χ2n) is 6.12. The molecule has 0 saturated carbocycles. The zero-order valence-corrected chi connectivity index (χ0v) is 14.0. The van der Waals surface area contributed by atoms with Gasteiger partial charge in [-0.1, -0.05) is 6.07 Å². The molecule has 1 rings (SSSR count). The van der Waals surface area contributed by atoms with E-state index >= 15 is 0 Å². The number of carbonyl (C=O) groups is 1. The number of nitrogens with one attached hydrogen (secondary N) is 2. The quantitative estimate of drug-likeness (QED) is 0.680. The normalized spacial score (nSPS) is 14.7. The molecule has 0 radical (unpaired) electrons. The first kappa shape index (κ1) is 18.1. The SMILES string of the molecule is CC(NCC(O)COCc1cccs1)C(=O)NC(C)(C)C. The molecule has 1 heterocycles. The Morgan fingerprint density at radius 2 is 2.19 bits per heavy atom. The van der Waals surface area contributed by atoms with Gasteiger partial charge in [0.25, 0.3) is 0 Å². The molecule has 2 atom stereocenters. The fourth-order valence-electron chi connectivity index (χ4n) is 1.63. The molecule has 1 amide bonds. The molecule has 2 unspecified atom stereocenters. The van der Waals surface area contributed by atoms with Crippen LogP contribution in [0.2, 0.25) is 0 Å². The predicted molar refractivity (Wildman–Crippen MR) is 85.3 cm³/mol. The number of thiophene rings is 1. The number of hydrogen-bond acceptors (Lipinski definition) is 5. The van der Waals surface area contributed by atoms with Crippen LogP contribution in [0, 0.1) is 0 Å². The Hall–Kier alpha value is -0.950. The highest BCUT2D eigenvalue weighted by Gasteiger charge is 2.19. The van der Waals surface area contributed by atoms with E-state index in [2.05, 4.69) is 10.6 Å². The number of amides is 1. The van der Waals surface area contributed by atoms with E-state index < -0.39 is 6.10 Å². The van der Waals surface area contributed by atoms with Crippen molar-refractivity contribution in [2.45, 2.75) is 52.0 Å². The van der Waals surface area contributed by atoms with E-state index in [0.717, 1.165) is 4.88 Å². The van der Waals surface area contributed by atoms with Crippen LogP contribution in [0.1, 0.15) is 32.6 Å². The summed E-state index contributed by atoms with van der Waals surface area (Å²) in [7, 11) is 0. The average molecular weight is 314 g/mol. The monoisotopic (exact) mass is 314 g/mol.